The Morgan fingerprint density at radius 3 is 2.58 bits per heavy atom. The molecule has 7 nitrogen and oxygen atoms in total. The maximum atomic E-state index is 5.80. The van der Waals surface area contributed by atoms with Gasteiger partial charge in [-0.05, 0) is 30.7 Å². The van der Waals surface area contributed by atoms with Crippen molar-refractivity contribution >= 4 is 41.3 Å². The molecule has 0 atom stereocenters. The van der Waals surface area contributed by atoms with E-state index < -0.39 is 0 Å². The molecule has 2 aliphatic rings. The SMILES string of the molecule is CCNC(=NCc1ccccc1N1CCOCC1)Nc1ccc2c(c1)OCCCO2.I. The summed E-state index contributed by atoms with van der Waals surface area (Å²) in [6.07, 6.45) is 0.893. The van der Waals surface area contributed by atoms with Gasteiger partial charge in [-0.3, -0.25) is 0 Å². The average molecular weight is 538 g/mol. The van der Waals surface area contributed by atoms with Gasteiger partial charge in [0.15, 0.2) is 17.5 Å². The second-order valence-corrected chi connectivity index (χ2v) is 7.26. The van der Waals surface area contributed by atoms with E-state index in [-0.39, 0.29) is 24.0 Å². The highest BCUT2D eigenvalue weighted by Crippen LogP contribution is 2.32. The molecule has 2 aliphatic heterocycles. The molecule has 0 radical (unpaired) electrons. The summed E-state index contributed by atoms with van der Waals surface area (Å²) in [5, 5.41) is 6.72. The number of hydrogen-bond donors (Lipinski definition) is 2. The lowest BCUT2D eigenvalue weighted by Gasteiger charge is -2.30. The monoisotopic (exact) mass is 538 g/mol. The molecule has 168 valence electrons. The maximum Gasteiger partial charge on any atom is 0.196 e. The Morgan fingerprint density at radius 1 is 1.00 bits per heavy atom. The smallest absolute Gasteiger partial charge is 0.196 e. The lowest BCUT2D eigenvalue weighted by molar-refractivity contribution is 0.122. The summed E-state index contributed by atoms with van der Waals surface area (Å²) in [6, 6.07) is 14.4. The standard InChI is InChI=1S/C23H30N4O3.HI/c1-2-24-23(26-19-8-9-21-22(16-19)30-13-5-12-29-21)25-17-18-6-3-4-7-20(18)27-10-14-28-15-11-27;/h3-4,6-9,16H,2,5,10-15,17H2,1H3,(H2,24,25,26);1H. The second-order valence-electron chi connectivity index (χ2n) is 7.26. The predicted molar refractivity (Wildman–Crippen MR) is 135 cm³/mol. The van der Waals surface area contributed by atoms with Gasteiger partial charge in [0.2, 0.25) is 0 Å². The van der Waals surface area contributed by atoms with E-state index in [2.05, 4.69) is 46.7 Å². The predicted octanol–water partition coefficient (Wildman–Crippen LogP) is 3.88. The number of aliphatic imine (C=N–C) groups is 1. The average Bonchev–Trinajstić information content (AvgIpc) is 3.03. The van der Waals surface area contributed by atoms with Gasteiger partial charge in [0.25, 0.3) is 0 Å². The number of rotatable bonds is 5. The van der Waals surface area contributed by atoms with E-state index in [0.29, 0.717) is 19.8 Å². The molecule has 31 heavy (non-hydrogen) atoms. The van der Waals surface area contributed by atoms with Crippen LogP contribution < -0.4 is 25.0 Å². The zero-order chi connectivity index (χ0) is 20.6. The Kier molecular flexibility index (Phi) is 9.08. The maximum absolute atomic E-state index is 5.80. The number of fused-ring (bicyclic) bond motifs is 1. The van der Waals surface area contributed by atoms with Crippen LogP contribution >= 0.6 is 24.0 Å². The molecule has 0 unspecified atom stereocenters. The highest BCUT2D eigenvalue weighted by Gasteiger charge is 2.15. The number of ether oxygens (including phenoxy) is 3. The third-order valence-electron chi connectivity index (χ3n) is 5.11. The van der Waals surface area contributed by atoms with Gasteiger partial charge in [-0.15, -0.1) is 24.0 Å². The highest BCUT2D eigenvalue weighted by molar-refractivity contribution is 14.0. The summed E-state index contributed by atoms with van der Waals surface area (Å²) in [4.78, 5) is 7.20. The Balaban J connectivity index is 0.00000272. The number of morpholine rings is 1. The van der Waals surface area contributed by atoms with Crippen LogP contribution in [0.15, 0.2) is 47.5 Å². The highest BCUT2D eigenvalue weighted by atomic mass is 127. The van der Waals surface area contributed by atoms with Crippen LogP contribution in [0.3, 0.4) is 0 Å². The Morgan fingerprint density at radius 2 is 1.77 bits per heavy atom. The normalized spacial score (nSPS) is 16.2. The summed E-state index contributed by atoms with van der Waals surface area (Å²) in [5.74, 6) is 2.30. The zero-order valence-corrected chi connectivity index (χ0v) is 20.3. The van der Waals surface area contributed by atoms with Crippen molar-refractivity contribution in [1.29, 1.82) is 0 Å². The van der Waals surface area contributed by atoms with E-state index in [1.807, 2.05) is 18.2 Å². The summed E-state index contributed by atoms with van der Waals surface area (Å²) in [6.45, 7) is 8.15. The first-order valence-corrected chi connectivity index (χ1v) is 10.7. The lowest BCUT2D eigenvalue weighted by atomic mass is 10.1. The number of benzene rings is 2. The summed E-state index contributed by atoms with van der Waals surface area (Å²) in [5.41, 5.74) is 3.35. The van der Waals surface area contributed by atoms with Crippen LogP contribution in [-0.4, -0.2) is 52.0 Å². The number of nitrogens with zero attached hydrogens (tertiary/aromatic N) is 2. The minimum Gasteiger partial charge on any atom is -0.490 e. The molecule has 0 bridgehead atoms. The van der Waals surface area contributed by atoms with Gasteiger partial charge in [-0.25, -0.2) is 4.99 Å². The van der Waals surface area contributed by atoms with Crippen LogP contribution in [0.5, 0.6) is 11.5 Å². The van der Waals surface area contributed by atoms with Crippen molar-refractivity contribution in [3.8, 4) is 11.5 Å². The summed E-state index contributed by atoms with van der Waals surface area (Å²) < 4.78 is 17.0. The van der Waals surface area contributed by atoms with Crippen LogP contribution in [0.1, 0.15) is 18.9 Å². The summed E-state index contributed by atoms with van der Waals surface area (Å²) >= 11 is 0. The number of nitrogens with one attached hydrogen (secondary N) is 2. The van der Waals surface area contributed by atoms with Crippen molar-refractivity contribution in [1.82, 2.24) is 5.32 Å². The molecule has 0 saturated carbocycles. The zero-order valence-electron chi connectivity index (χ0n) is 17.9. The molecule has 4 rings (SSSR count). The Labute approximate surface area is 201 Å². The molecule has 2 N–H and O–H groups in total. The number of para-hydroxylation sites is 1. The third-order valence-corrected chi connectivity index (χ3v) is 5.11. The first kappa shape index (κ1) is 23.5. The van der Waals surface area contributed by atoms with Gasteiger partial charge in [0.1, 0.15) is 0 Å². The molecule has 0 aromatic heterocycles. The fourth-order valence-electron chi connectivity index (χ4n) is 3.61. The first-order chi connectivity index (χ1) is 14.8. The van der Waals surface area contributed by atoms with Crippen LogP contribution in [0.25, 0.3) is 0 Å². The van der Waals surface area contributed by atoms with Gasteiger partial charge in [0, 0.05) is 43.5 Å². The molecular formula is C23H31IN4O3. The van der Waals surface area contributed by atoms with E-state index >= 15 is 0 Å². The molecule has 0 aliphatic carbocycles. The minimum absolute atomic E-state index is 0. The Hall–Kier alpha value is -2.20. The van der Waals surface area contributed by atoms with E-state index in [9.17, 15) is 0 Å². The molecule has 1 saturated heterocycles. The van der Waals surface area contributed by atoms with Crippen LogP contribution in [-0.2, 0) is 11.3 Å². The van der Waals surface area contributed by atoms with Crippen LogP contribution in [0.2, 0.25) is 0 Å². The quantitative estimate of drug-likeness (QED) is 0.342. The van der Waals surface area contributed by atoms with E-state index in [1.54, 1.807) is 0 Å². The van der Waals surface area contributed by atoms with Crippen LogP contribution in [0.4, 0.5) is 11.4 Å². The van der Waals surface area contributed by atoms with Crippen LogP contribution in [0, 0.1) is 0 Å². The lowest BCUT2D eigenvalue weighted by Crippen LogP contribution is -2.36. The second kappa shape index (κ2) is 12.0. The van der Waals surface area contributed by atoms with E-state index in [0.717, 1.165) is 62.4 Å². The molecule has 2 heterocycles. The fourth-order valence-corrected chi connectivity index (χ4v) is 3.61. The summed E-state index contributed by atoms with van der Waals surface area (Å²) in [7, 11) is 0. The van der Waals surface area contributed by atoms with Gasteiger partial charge >= 0.3 is 0 Å². The van der Waals surface area contributed by atoms with E-state index in [1.165, 1.54) is 11.3 Å². The van der Waals surface area contributed by atoms with Crippen molar-refractivity contribution in [2.45, 2.75) is 19.9 Å². The minimum atomic E-state index is 0. The van der Waals surface area contributed by atoms with Gasteiger partial charge < -0.3 is 29.7 Å². The molecule has 0 spiro atoms. The van der Waals surface area contributed by atoms with Crippen molar-refractivity contribution < 1.29 is 14.2 Å². The molecule has 2 aromatic carbocycles. The molecule has 8 heteroatoms. The number of hydrogen-bond acceptors (Lipinski definition) is 5. The van der Waals surface area contributed by atoms with Gasteiger partial charge in [-0.2, -0.15) is 0 Å². The molecule has 2 aromatic rings. The van der Waals surface area contributed by atoms with Crippen molar-refractivity contribution in [3.05, 3.63) is 48.0 Å². The third kappa shape index (κ3) is 6.39. The van der Waals surface area contributed by atoms with Gasteiger partial charge in [0.05, 0.1) is 33.0 Å². The number of guanidine groups is 1. The Bertz CT molecular complexity index is 872. The molecule has 1 fully saturated rings. The largest absolute Gasteiger partial charge is 0.490 e. The van der Waals surface area contributed by atoms with Crippen molar-refractivity contribution in [2.24, 2.45) is 4.99 Å². The molecule has 0 amide bonds. The number of anilines is 2. The van der Waals surface area contributed by atoms with E-state index in [4.69, 9.17) is 19.2 Å². The number of halogens is 1. The van der Waals surface area contributed by atoms with Crippen molar-refractivity contribution in [2.75, 3.05) is 56.3 Å². The first-order valence-electron chi connectivity index (χ1n) is 10.7. The molecular weight excluding hydrogens is 507 g/mol. The van der Waals surface area contributed by atoms with Crippen molar-refractivity contribution in [3.63, 3.8) is 0 Å². The van der Waals surface area contributed by atoms with Gasteiger partial charge in [-0.1, -0.05) is 18.2 Å². The fraction of sp³-hybridized carbons (Fsp3) is 0.435. The topological polar surface area (TPSA) is 67.4 Å².